The molecule has 0 atom stereocenters. The van der Waals surface area contributed by atoms with Gasteiger partial charge in [-0.1, -0.05) is 42.5 Å². The molecule has 4 heteroatoms. The van der Waals surface area contributed by atoms with Crippen LogP contribution in [0.25, 0.3) is 0 Å². The van der Waals surface area contributed by atoms with Crippen LogP contribution in [0.5, 0.6) is 0 Å². The Morgan fingerprint density at radius 2 is 1.84 bits per heavy atom. The molecule has 0 spiro atoms. The van der Waals surface area contributed by atoms with Crippen LogP contribution in [0.15, 0.2) is 54.6 Å². The molecular weight excluding hydrogens is 328 g/mol. The fourth-order valence-corrected chi connectivity index (χ4v) is 3.91. The van der Waals surface area contributed by atoms with Crippen molar-refractivity contribution in [3.8, 4) is 0 Å². The van der Waals surface area contributed by atoms with Crippen LogP contribution in [-0.2, 0) is 6.42 Å². The van der Waals surface area contributed by atoms with E-state index in [1.165, 1.54) is 16.9 Å². The Morgan fingerprint density at radius 1 is 1.08 bits per heavy atom. The first-order valence-electron chi connectivity index (χ1n) is 8.47. The number of hydrogen-bond donors (Lipinski definition) is 0. The van der Waals surface area contributed by atoms with Gasteiger partial charge in [-0.2, -0.15) is 0 Å². The Labute approximate surface area is 153 Å². The van der Waals surface area contributed by atoms with Gasteiger partial charge in [-0.15, -0.1) is 11.3 Å². The van der Waals surface area contributed by atoms with Crippen molar-refractivity contribution in [2.24, 2.45) is 0 Å². The molecular formula is C21H22N2OS. The number of thiazole rings is 1. The maximum Gasteiger partial charge on any atom is 0.270 e. The summed E-state index contributed by atoms with van der Waals surface area (Å²) in [6.45, 7) is 6.59. The zero-order chi connectivity index (χ0) is 17.8. The predicted molar refractivity (Wildman–Crippen MR) is 105 cm³/mol. The Morgan fingerprint density at radius 3 is 2.52 bits per heavy atom. The molecule has 0 aliphatic carbocycles. The summed E-state index contributed by atoms with van der Waals surface area (Å²) in [5.41, 5.74) is 4.10. The summed E-state index contributed by atoms with van der Waals surface area (Å²) in [6.07, 6.45) is 0.760. The highest BCUT2D eigenvalue weighted by atomic mass is 32.1. The minimum atomic E-state index is 0.0300. The molecule has 0 bridgehead atoms. The second-order valence-electron chi connectivity index (χ2n) is 6.07. The van der Waals surface area contributed by atoms with Crippen LogP contribution >= 0.6 is 11.3 Å². The zero-order valence-corrected chi connectivity index (χ0v) is 15.6. The van der Waals surface area contributed by atoms with Gasteiger partial charge in [0.2, 0.25) is 0 Å². The first-order valence-corrected chi connectivity index (χ1v) is 9.29. The number of aryl methyl sites for hydroxylation is 2. The summed E-state index contributed by atoms with van der Waals surface area (Å²) in [6, 6.07) is 18.3. The number of carbonyl (C=O) groups excluding carboxylic acids is 1. The molecule has 3 aromatic rings. The molecule has 128 valence electrons. The van der Waals surface area contributed by atoms with Crippen LogP contribution in [-0.4, -0.2) is 17.4 Å². The van der Waals surface area contributed by atoms with Crippen LogP contribution in [0.1, 0.15) is 38.4 Å². The third kappa shape index (κ3) is 3.97. The van der Waals surface area contributed by atoms with Crippen molar-refractivity contribution in [1.29, 1.82) is 0 Å². The molecule has 25 heavy (non-hydrogen) atoms. The zero-order valence-electron chi connectivity index (χ0n) is 14.8. The number of aromatic nitrogens is 1. The van der Waals surface area contributed by atoms with Gasteiger partial charge < -0.3 is 4.90 Å². The van der Waals surface area contributed by atoms with Crippen molar-refractivity contribution in [3.05, 3.63) is 81.3 Å². The van der Waals surface area contributed by atoms with Crippen LogP contribution in [0.3, 0.4) is 0 Å². The maximum absolute atomic E-state index is 13.1. The summed E-state index contributed by atoms with van der Waals surface area (Å²) in [7, 11) is 0. The molecule has 2 aromatic carbocycles. The van der Waals surface area contributed by atoms with Gasteiger partial charge in [0, 0.05) is 18.7 Å². The summed E-state index contributed by atoms with van der Waals surface area (Å²) in [5, 5.41) is 0.979. The van der Waals surface area contributed by atoms with Crippen LogP contribution < -0.4 is 4.90 Å². The number of hydrogen-bond acceptors (Lipinski definition) is 3. The van der Waals surface area contributed by atoms with E-state index in [1.807, 2.05) is 68.1 Å². The molecule has 0 aliphatic rings. The summed E-state index contributed by atoms with van der Waals surface area (Å²) in [5.74, 6) is 0.0300. The lowest BCUT2D eigenvalue weighted by atomic mass is 10.2. The number of rotatable bonds is 5. The highest BCUT2D eigenvalue weighted by Gasteiger charge is 2.22. The summed E-state index contributed by atoms with van der Waals surface area (Å²) >= 11 is 1.50. The van der Waals surface area contributed by atoms with E-state index in [0.717, 1.165) is 33.3 Å². The molecule has 0 radical (unpaired) electrons. The lowest BCUT2D eigenvalue weighted by Gasteiger charge is -2.21. The highest BCUT2D eigenvalue weighted by molar-refractivity contribution is 7.14. The Hall–Kier alpha value is -2.46. The Balaban J connectivity index is 1.86. The van der Waals surface area contributed by atoms with E-state index in [1.54, 1.807) is 0 Å². The molecule has 1 amide bonds. The number of anilines is 1. The van der Waals surface area contributed by atoms with Crippen molar-refractivity contribution >= 4 is 22.9 Å². The smallest absolute Gasteiger partial charge is 0.270 e. The first-order chi connectivity index (χ1) is 12.1. The molecule has 1 aromatic heterocycles. The van der Waals surface area contributed by atoms with Crippen molar-refractivity contribution in [3.63, 3.8) is 0 Å². The van der Waals surface area contributed by atoms with E-state index >= 15 is 0 Å². The fraction of sp³-hybridized carbons (Fsp3) is 0.238. The molecule has 0 N–H and O–H groups in total. The average molecular weight is 350 g/mol. The number of nitrogens with zero attached hydrogens (tertiary/aromatic N) is 2. The normalized spacial score (nSPS) is 10.7. The van der Waals surface area contributed by atoms with Crippen molar-refractivity contribution in [2.75, 3.05) is 11.4 Å². The van der Waals surface area contributed by atoms with E-state index < -0.39 is 0 Å². The van der Waals surface area contributed by atoms with E-state index in [0.29, 0.717) is 6.54 Å². The lowest BCUT2D eigenvalue weighted by molar-refractivity contribution is 0.0991. The fourth-order valence-electron chi connectivity index (χ4n) is 2.86. The minimum absolute atomic E-state index is 0.0300. The van der Waals surface area contributed by atoms with Gasteiger partial charge in [-0.3, -0.25) is 4.79 Å². The Kier molecular flexibility index (Phi) is 5.29. The SMILES string of the molecule is CCN(C(=O)c1sc(Cc2ccccc2)nc1C)c1cccc(C)c1. The van der Waals surface area contributed by atoms with E-state index in [4.69, 9.17) is 0 Å². The first kappa shape index (κ1) is 17.4. The number of benzene rings is 2. The van der Waals surface area contributed by atoms with Gasteiger partial charge >= 0.3 is 0 Å². The third-order valence-electron chi connectivity index (χ3n) is 4.11. The molecule has 0 unspecified atom stereocenters. The van der Waals surface area contributed by atoms with E-state index in [9.17, 15) is 4.79 Å². The maximum atomic E-state index is 13.1. The monoisotopic (exact) mass is 350 g/mol. The second kappa shape index (κ2) is 7.62. The lowest BCUT2D eigenvalue weighted by Crippen LogP contribution is -2.30. The van der Waals surface area contributed by atoms with E-state index in [2.05, 4.69) is 17.1 Å². The molecule has 0 saturated carbocycles. The van der Waals surface area contributed by atoms with Crippen LogP contribution in [0, 0.1) is 13.8 Å². The molecule has 1 heterocycles. The standard InChI is InChI=1S/C21H22N2OS/c1-4-23(18-12-8-9-15(2)13-18)21(24)20-16(3)22-19(25-20)14-17-10-6-5-7-11-17/h5-13H,4,14H2,1-3H3. The highest BCUT2D eigenvalue weighted by Crippen LogP contribution is 2.25. The van der Waals surface area contributed by atoms with Crippen molar-refractivity contribution < 1.29 is 4.79 Å². The average Bonchev–Trinajstić information content (AvgIpc) is 2.97. The minimum Gasteiger partial charge on any atom is -0.308 e. The summed E-state index contributed by atoms with van der Waals surface area (Å²) in [4.78, 5) is 20.2. The molecule has 0 fully saturated rings. The molecule has 3 rings (SSSR count). The topological polar surface area (TPSA) is 33.2 Å². The van der Waals surface area contributed by atoms with Crippen molar-refractivity contribution in [2.45, 2.75) is 27.2 Å². The number of amides is 1. The van der Waals surface area contributed by atoms with E-state index in [-0.39, 0.29) is 5.91 Å². The van der Waals surface area contributed by atoms with Gasteiger partial charge in [0.1, 0.15) is 4.88 Å². The summed E-state index contributed by atoms with van der Waals surface area (Å²) < 4.78 is 0. The van der Waals surface area contributed by atoms with Gasteiger partial charge in [-0.25, -0.2) is 4.98 Å². The number of carbonyl (C=O) groups is 1. The van der Waals surface area contributed by atoms with Gasteiger partial charge in [0.15, 0.2) is 0 Å². The molecule has 3 nitrogen and oxygen atoms in total. The van der Waals surface area contributed by atoms with Crippen LogP contribution in [0.2, 0.25) is 0 Å². The largest absolute Gasteiger partial charge is 0.308 e. The van der Waals surface area contributed by atoms with Crippen LogP contribution in [0.4, 0.5) is 5.69 Å². The second-order valence-corrected chi connectivity index (χ2v) is 7.16. The predicted octanol–water partition coefficient (Wildman–Crippen LogP) is 5.02. The molecule has 0 saturated heterocycles. The third-order valence-corrected chi connectivity index (χ3v) is 5.25. The Bertz CT molecular complexity index is 871. The van der Waals surface area contributed by atoms with Crippen molar-refractivity contribution in [1.82, 2.24) is 4.98 Å². The van der Waals surface area contributed by atoms with Gasteiger partial charge in [0.25, 0.3) is 5.91 Å². The quantitative estimate of drug-likeness (QED) is 0.647. The molecule has 0 aliphatic heterocycles. The van der Waals surface area contributed by atoms with Gasteiger partial charge in [0.05, 0.1) is 10.7 Å². The van der Waals surface area contributed by atoms with Gasteiger partial charge in [-0.05, 0) is 44.0 Å².